The number of ether oxygens (including phenoxy) is 1. The van der Waals surface area contributed by atoms with Crippen molar-refractivity contribution < 1.29 is 14.1 Å². The molecule has 0 aliphatic heterocycles. The number of nitro groups is 1. The number of methoxy groups -OCH3 is 1. The van der Waals surface area contributed by atoms with Crippen molar-refractivity contribution in [3.8, 4) is 16.9 Å². The minimum Gasteiger partial charge on any atom is -0.497 e. The molecule has 0 aliphatic carbocycles. The zero-order chi connectivity index (χ0) is 16.6. The Hall–Kier alpha value is -3.15. The lowest BCUT2D eigenvalue weighted by Gasteiger charge is -2.09. The Bertz CT molecular complexity index is 957. The fraction of sp³-hybridized carbons (Fsp3) is 0.118. The van der Waals surface area contributed by atoms with Gasteiger partial charge < -0.3 is 9.15 Å². The number of benzene rings is 2. The molecule has 0 radical (unpaired) electrons. The summed E-state index contributed by atoms with van der Waals surface area (Å²) in [6.07, 6.45) is 0. The highest BCUT2D eigenvalue weighted by molar-refractivity contribution is 5.87. The average molecular weight is 311 g/mol. The van der Waals surface area contributed by atoms with Gasteiger partial charge in [0.15, 0.2) is 0 Å². The highest BCUT2D eigenvalue weighted by Crippen LogP contribution is 2.29. The summed E-state index contributed by atoms with van der Waals surface area (Å²) in [7, 11) is 1.54. The van der Waals surface area contributed by atoms with Gasteiger partial charge in [0, 0.05) is 23.6 Å². The smallest absolute Gasteiger partial charge is 0.344 e. The first kappa shape index (κ1) is 14.8. The third-order valence-electron chi connectivity index (χ3n) is 3.74. The Morgan fingerprint density at radius 3 is 2.43 bits per heavy atom. The highest BCUT2D eigenvalue weighted by atomic mass is 16.6. The second kappa shape index (κ2) is 5.57. The van der Waals surface area contributed by atoms with Crippen LogP contribution in [0.3, 0.4) is 0 Å². The minimum absolute atomic E-state index is 0.0266. The summed E-state index contributed by atoms with van der Waals surface area (Å²) in [6, 6.07) is 11.1. The summed E-state index contributed by atoms with van der Waals surface area (Å²) in [4.78, 5) is 22.6. The molecule has 0 bridgehead atoms. The summed E-state index contributed by atoms with van der Waals surface area (Å²) >= 11 is 0. The molecule has 0 fully saturated rings. The molecule has 3 rings (SSSR count). The van der Waals surface area contributed by atoms with E-state index in [4.69, 9.17) is 9.15 Å². The van der Waals surface area contributed by atoms with Crippen LogP contribution in [0.2, 0.25) is 0 Å². The second-order valence-electron chi connectivity index (χ2n) is 5.06. The first-order valence-electron chi connectivity index (χ1n) is 6.87. The standard InChI is InChI=1S/C17H13NO5/c1-10-14-8-7-13(22-2)9-15(14)23-17(19)16(10)11-3-5-12(6-4-11)18(20)21/h3-9H,1-2H3. The Labute approximate surface area is 131 Å². The number of hydrogen-bond donors (Lipinski definition) is 0. The van der Waals surface area contributed by atoms with Crippen molar-refractivity contribution in [3.05, 3.63) is 68.6 Å². The van der Waals surface area contributed by atoms with Gasteiger partial charge >= 0.3 is 5.63 Å². The summed E-state index contributed by atoms with van der Waals surface area (Å²) < 4.78 is 10.5. The molecule has 0 aliphatic rings. The van der Waals surface area contributed by atoms with Crippen molar-refractivity contribution in [2.45, 2.75) is 6.92 Å². The van der Waals surface area contributed by atoms with Crippen LogP contribution in [-0.4, -0.2) is 12.0 Å². The van der Waals surface area contributed by atoms with E-state index < -0.39 is 10.5 Å². The Kier molecular flexibility index (Phi) is 3.57. The van der Waals surface area contributed by atoms with Crippen LogP contribution in [0.5, 0.6) is 5.75 Å². The molecule has 1 aromatic heterocycles. The Balaban J connectivity index is 2.21. The van der Waals surface area contributed by atoms with Gasteiger partial charge in [-0.2, -0.15) is 0 Å². The first-order valence-corrected chi connectivity index (χ1v) is 6.87. The fourth-order valence-electron chi connectivity index (χ4n) is 2.55. The van der Waals surface area contributed by atoms with Crippen LogP contribution in [-0.2, 0) is 0 Å². The highest BCUT2D eigenvalue weighted by Gasteiger charge is 2.15. The molecule has 0 atom stereocenters. The summed E-state index contributed by atoms with van der Waals surface area (Å²) in [5.41, 5.74) is 1.67. The van der Waals surface area contributed by atoms with Crippen LogP contribution < -0.4 is 10.4 Å². The molecule has 0 amide bonds. The molecule has 0 unspecified atom stereocenters. The lowest BCUT2D eigenvalue weighted by atomic mass is 9.99. The monoisotopic (exact) mass is 311 g/mol. The van der Waals surface area contributed by atoms with Gasteiger partial charge in [-0.25, -0.2) is 4.79 Å². The molecule has 0 spiro atoms. The number of non-ortho nitro benzene ring substituents is 1. The maximum atomic E-state index is 12.3. The predicted molar refractivity (Wildman–Crippen MR) is 85.9 cm³/mol. The lowest BCUT2D eigenvalue weighted by molar-refractivity contribution is -0.384. The first-order chi connectivity index (χ1) is 11.0. The van der Waals surface area contributed by atoms with Crippen LogP contribution in [0.25, 0.3) is 22.1 Å². The van der Waals surface area contributed by atoms with Gasteiger partial charge in [0.2, 0.25) is 0 Å². The molecular formula is C17H13NO5. The second-order valence-corrected chi connectivity index (χ2v) is 5.06. The molecule has 116 valence electrons. The molecule has 3 aromatic rings. The summed E-state index contributed by atoms with van der Waals surface area (Å²) in [5, 5.41) is 11.5. The topological polar surface area (TPSA) is 82.6 Å². The molecule has 23 heavy (non-hydrogen) atoms. The van der Waals surface area contributed by atoms with Crippen LogP contribution in [0, 0.1) is 17.0 Å². The number of hydrogen-bond acceptors (Lipinski definition) is 5. The molecule has 2 aromatic carbocycles. The molecule has 1 heterocycles. The molecule has 0 N–H and O–H groups in total. The van der Waals surface area contributed by atoms with Gasteiger partial charge in [-0.1, -0.05) is 0 Å². The van der Waals surface area contributed by atoms with Gasteiger partial charge in [-0.15, -0.1) is 0 Å². The van der Waals surface area contributed by atoms with Crippen LogP contribution in [0.1, 0.15) is 5.56 Å². The third-order valence-corrected chi connectivity index (χ3v) is 3.74. The zero-order valence-corrected chi connectivity index (χ0v) is 12.5. The van der Waals surface area contributed by atoms with Gasteiger partial charge in [0.25, 0.3) is 5.69 Å². The van der Waals surface area contributed by atoms with Gasteiger partial charge in [-0.05, 0) is 42.3 Å². The summed E-state index contributed by atoms with van der Waals surface area (Å²) in [5.74, 6) is 0.600. The molecule has 0 saturated heterocycles. The van der Waals surface area contributed by atoms with E-state index in [1.54, 1.807) is 24.3 Å². The van der Waals surface area contributed by atoms with Gasteiger partial charge in [0.1, 0.15) is 11.3 Å². The lowest BCUT2D eigenvalue weighted by Crippen LogP contribution is -2.06. The van der Waals surface area contributed by atoms with Crippen molar-refractivity contribution in [2.75, 3.05) is 7.11 Å². The molecule has 6 nitrogen and oxygen atoms in total. The largest absolute Gasteiger partial charge is 0.497 e. The maximum Gasteiger partial charge on any atom is 0.344 e. The molecular weight excluding hydrogens is 298 g/mol. The van der Waals surface area contributed by atoms with Gasteiger partial charge in [0.05, 0.1) is 17.6 Å². The zero-order valence-electron chi connectivity index (χ0n) is 12.5. The van der Waals surface area contributed by atoms with Crippen molar-refractivity contribution in [1.82, 2.24) is 0 Å². The van der Waals surface area contributed by atoms with Crippen molar-refractivity contribution in [3.63, 3.8) is 0 Å². The summed E-state index contributed by atoms with van der Waals surface area (Å²) in [6.45, 7) is 1.82. The molecule has 0 saturated carbocycles. The predicted octanol–water partition coefficient (Wildman–Crippen LogP) is 3.69. The van der Waals surface area contributed by atoms with E-state index in [2.05, 4.69) is 0 Å². The SMILES string of the molecule is COc1ccc2c(C)c(-c3ccc([N+](=O)[O-])cc3)c(=O)oc2c1. The van der Waals surface area contributed by atoms with E-state index in [-0.39, 0.29) is 5.69 Å². The fourth-order valence-corrected chi connectivity index (χ4v) is 2.55. The van der Waals surface area contributed by atoms with E-state index in [1.807, 2.05) is 13.0 Å². The number of nitro benzene ring substituents is 1. The van der Waals surface area contributed by atoms with E-state index in [0.29, 0.717) is 22.5 Å². The van der Waals surface area contributed by atoms with E-state index in [9.17, 15) is 14.9 Å². The Morgan fingerprint density at radius 2 is 1.83 bits per heavy atom. The Morgan fingerprint density at radius 1 is 1.13 bits per heavy atom. The quantitative estimate of drug-likeness (QED) is 0.418. The maximum absolute atomic E-state index is 12.3. The van der Waals surface area contributed by atoms with E-state index >= 15 is 0 Å². The normalized spacial score (nSPS) is 10.7. The van der Waals surface area contributed by atoms with Gasteiger partial charge in [-0.3, -0.25) is 10.1 Å². The number of fused-ring (bicyclic) bond motifs is 1. The van der Waals surface area contributed by atoms with E-state index in [1.165, 1.54) is 19.2 Å². The van der Waals surface area contributed by atoms with Crippen molar-refractivity contribution in [1.29, 1.82) is 0 Å². The molecule has 6 heteroatoms. The average Bonchev–Trinajstić information content (AvgIpc) is 2.54. The number of aryl methyl sites for hydroxylation is 1. The third kappa shape index (κ3) is 2.55. The number of nitrogens with zero attached hydrogens (tertiary/aromatic N) is 1. The van der Waals surface area contributed by atoms with Crippen LogP contribution in [0.4, 0.5) is 5.69 Å². The van der Waals surface area contributed by atoms with Crippen molar-refractivity contribution >= 4 is 16.7 Å². The van der Waals surface area contributed by atoms with Crippen LogP contribution in [0.15, 0.2) is 51.7 Å². The van der Waals surface area contributed by atoms with Crippen molar-refractivity contribution in [2.24, 2.45) is 0 Å². The number of rotatable bonds is 3. The van der Waals surface area contributed by atoms with Crippen LogP contribution >= 0.6 is 0 Å². The van der Waals surface area contributed by atoms with E-state index in [0.717, 1.165) is 10.9 Å². The minimum atomic E-state index is -0.489.